The van der Waals surface area contributed by atoms with Crippen molar-refractivity contribution in [3.05, 3.63) is 62.9 Å². The standard InChI is InChI=1S/C18H17ClFN3O5/c1-10(17(24)21-11-4-6-15(20)14(19)8-11)28-18(25)13-9-12(23(26)27)5-7-16(13)22(2)3/h4-10H,1-3H3,(H,21,24)/t10-/m1/s1. The van der Waals surface area contributed by atoms with Crippen LogP contribution in [-0.4, -0.2) is 37.0 Å². The molecule has 10 heteroatoms. The summed E-state index contributed by atoms with van der Waals surface area (Å²) in [4.78, 5) is 36.6. The van der Waals surface area contributed by atoms with Gasteiger partial charge in [0.05, 0.1) is 21.2 Å². The number of amides is 1. The molecule has 8 nitrogen and oxygen atoms in total. The number of anilines is 2. The Bertz CT molecular complexity index is 935. The van der Waals surface area contributed by atoms with Gasteiger partial charge in [0.15, 0.2) is 6.10 Å². The quantitative estimate of drug-likeness (QED) is 0.444. The van der Waals surface area contributed by atoms with E-state index in [1.165, 1.54) is 31.2 Å². The van der Waals surface area contributed by atoms with Crippen molar-refractivity contribution in [2.75, 3.05) is 24.3 Å². The first-order chi connectivity index (χ1) is 13.1. The van der Waals surface area contributed by atoms with Crippen molar-refractivity contribution < 1.29 is 23.6 Å². The normalized spacial score (nSPS) is 11.5. The molecule has 0 aliphatic heterocycles. The average molecular weight is 410 g/mol. The summed E-state index contributed by atoms with van der Waals surface area (Å²) >= 11 is 5.66. The van der Waals surface area contributed by atoms with Crippen molar-refractivity contribution in [1.82, 2.24) is 0 Å². The van der Waals surface area contributed by atoms with Gasteiger partial charge >= 0.3 is 5.97 Å². The molecule has 0 saturated carbocycles. The first-order valence-electron chi connectivity index (χ1n) is 8.02. The van der Waals surface area contributed by atoms with Gasteiger partial charge in [0.2, 0.25) is 0 Å². The van der Waals surface area contributed by atoms with E-state index >= 15 is 0 Å². The number of carbonyl (C=O) groups excluding carboxylic acids is 2. The fourth-order valence-electron chi connectivity index (χ4n) is 2.29. The lowest BCUT2D eigenvalue weighted by Gasteiger charge is -2.18. The van der Waals surface area contributed by atoms with Crippen LogP contribution in [0.3, 0.4) is 0 Å². The van der Waals surface area contributed by atoms with E-state index in [1.54, 1.807) is 19.0 Å². The Hall–Kier alpha value is -3.20. The summed E-state index contributed by atoms with van der Waals surface area (Å²) in [7, 11) is 3.32. The fourth-order valence-corrected chi connectivity index (χ4v) is 2.47. The molecule has 28 heavy (non-hydrogen) atoms. The third-order valence-electron chi connectivity index (χ3n) is 3.73. The molecule has 1 amide bonds. The predicted molar refractivity (Wildman–Crippen MR) is 102 cm³/mol. The second-order valence-electron chi connectivity index (χ2n) is 6.02. The van der Waals surface area contributed by atoms with Crippen molar-refractivity contribution in [1.29, 1.82) is 0 Å². The lowest BCUT2D eigenvalue weighted by atomic mass is 10.1. The number of hydrogen-bond acceptors (Lipinski definition) is 6. The summed E-state index contributed by atoms with van der Waals surface area (Å²) in [6.07, 6.45) is -1.22. The number of ether oxygens (including phenoxy) is 1. The van der Waals surface area contributed by atoms with Gasteiger partial charge in [-0.15, -0.1) is 0 Å². The Morgan fingerprint density at radius 1 is 1.25 bits per heavy atom. The summed E-state index contributed by atoms with van der Waals surface area (Å²) in [6, 6.07) is 7.37. The molecule has 2 rings (SSSR count). The van der Waals surface area contributed by atoms with E-state index in [0.717, 1.165) is 12.1 Å². The van der Waals surface area contributed by atoms with Crippen LogP contribution in [0.4, 0.5) is 21.5 Å². The van der Waals surface area contributed by atoms with Crippen molar-refractivity contribution >= 4 is 40.5 Å². The number of nitrogens with one attached hydrogen (secondary N) is 1. The van der Waals surface area contributed by atoms with Gasteiger partial charge in [-0.3, -0.25) is 14.9 Å². The van der Waals surface area contributed by atoms with Gasteiger partial charge in [0.25, 0.3) is 11.6 Å². The molecule has 1 N–H and O–H groups in total. The number of hydrogen-bond donors (Lipinski definition) is 1. The summed E-state index contributed by atoms with van der Waals surface area (Å²) < 4.78 is 18.3. The molecule has 0 aliphatic rings. The number of halogens is 2. The Labute approximate surface area is 165 Å². The molecule has 0 radical (unpaired) electrons. The van der Waals surface area contributed by atoms with Gasteiger partial charge in [-0.05, 0) is 31.2 Å². The largest absolute Gasteiger partial charge is 0.449 e. The van der Waals surface area contributed by atoms with Crippen molar-refractivity contribution in [3.8, 4) is 0 Å². The number of esters is 1. The molecule has 0 aromatic heterocycles. The lowest BCUT2D eigenvalue weighted by molar-refractivity contribution is -0.384. The summed E-state index contributed by atoms with van der Waals surface area (Å²) in [5.74, 6) is -2.21. The van der Waals surface area contributed by atoms with Crippen LogP contribution in [0.1, 0.15) is 17.3 Å². The van der Waals surface area contributed by atoms with Crippen LogP contribution < -0.4 is 10.2 Å². The Kier molecular flexibility index (Phi) is 6.53. The number of non-ortho nitro benzene ring substituents is 1. The van der Waals surface area contributed by atoms with Crippen LogP contribution in [0.5, 0.6) is 0 Å². The molecule has 0 fully saturated rings. The number of nitro groups is 1. The molecule has 2 aromatic carbocycles. The highest BCUT2D eigenvalue weighted by Gasteiger charge is 2.24. The minimum Gasteiger partial charge on any atom is -0.449 e. The minimum absolute atomic E-state index is 0.0522. The third kappa shape index (κ3) is 4.95. The summed E-state index contributed by atoms with van der Waals surface area (Å²) in [5.41, 5.74) is 0.288. The van der Waals surface area contributed by atoms with Crippen LogP contribution in [0.25, 0.3) is 0 Å². The van der Waals surface area contributed by atoms with Crippen LogP contribution in [-0.2, 0) is 9.53 Å². The average Bonchev–Trinajstić information content (AvgIpc) is 2.63. The Balaban J connectivity index is 2.16. The van der Waals surface area contributed by atoms with E-state index in [2.05, 4.69) is 5.32 Å². The molecule has 0 spiro atoms. The number of rotatable bonds is 6. The zero-order chi connectivity index (χ0) is 21.0. The van der Waals surface area contributed by atoms with Gasteiger partial charge < -0.3 is 15.0 Å². The first-order valence-corrected chi connectivity index (χ1v) is 8.40. The second kappa shape index (κ2) is 8.66. The SMILES string of the molecule is C[C@@H](OC(=O)c1cc([N+](=O)[O-])ccc1N(C)C)C(=O)Nc1ccc(F)c(Cl)c1. The molecule has 1 atom stereocenters. The zero-order valence-corrected chi connectivity index (χ0v) is 16.0. The highest BCUT2D eigenvalue weighted by Crippen LogP contribution is 2.25. The number of nitro benzene ring substituents is 1. The number of benzene rings is 2. The van der Waals surface area contributed by atoms with E-state index < -0.39 is 28.7 Å². The maximum absolute atomic E-state index is 13.2. The van der Waals surface area contributed by atoms with Crippen molar-refractivity contribution in [2.24, 2.45) is 0 Å². The third-order valence-corrected chi connectivity index (χ3v) is 4.02. The number of nitrogens with zero attached hydrogens (tertiary/aromatic N) is 2. The van der Waals surface area contributed by atoms with Crippen molar-refractivity contribution in [2.45, 2.75) is 13.0 Å². The Morgan fingerprint density at radius 3 is 2.50 bits per heavy atom. The van der Waals surface area contributed by atoms with E-state index in [-0.39, 0.29) is 22.0 Å². The zero-order valence-electron chi connectivity index (χ0n) is 15.2. The highest BCUT2D eigenvalue weighted by molar-refractivity contribution is 6.31. The maximum atomic E-state index is 13.2. The molecular formula is C18H17ClFN3O5. The van der Waals surface area contributed by atoms with Crippen LogP contribution in [0, 0.1) is 15.9 Å². The predicted octanol–water partition coefficient (Wildman–Crippen LogP) is 3.64. The molecular weight excluding hydrogens is 393 g/mol. The van der Waals surface area contributed by atoms with Crippen LogP contribution in [0.15, 0.2) is 36.4 Å². The smallest absolute Gasteiger partial charge is 0.341 e. The molecule has 2 aromatic rings. The van der Waals surface area contributed by atoms with Crippen LogP contribution in [0.2, 0.25) is 5.02 Å². The first kappa shape index (κ1) is 21.1. The fraction of sp³-hybridized carbons (Fsp3) is 0.222. The van der Waals surface area contributed by atoms with Gasteiger partial charge in [-0.25, -0.2) is 9.18 Å². The second-order valence-corrected chi connectivity index (χ2v) is 6.43. The molecule has 0 saturated heterocycles. The molecule has 0 unspecified atom stereocenters. The van der Waals surface area contributed by atoms with E-state index in [9.17, 15) is 24.1 Å². The number of carbonyl (C=O) groups is 2. The molecule has 0 heterocycles. The summed E-state index contributed by atoms with van der Waals surface area (Å²) in [5, 5.41) is 13.3. The van der Waals surface area contributed by atoms with E-state index in [1.807, 2.05) is 0 Å². The van der Waals surface area contributed by atoms with E-state index in [0.29, 0.717) is 5.69 Å². The van der Waals surface area contributed by atoms with Gasteiger partial charge in [0.1, 0.15) is 5.82 Å². The minimum atomic E-state index is -1.22. The lowest BCUT2D eigenvalue weighted by Crippen LogP contribution is -2.30. The van der Waals surface area contributed by atoms with Crippen LogP contribution >= 0.6 is 11.6 Å². The summed E-state index contributed by atoms with van der Waals surface area (Å²) in [6.45, 7) is 1.34. The molecule has 148 valence electrons. The van der Waals surface area contributed by atoms with Crippen molar-refractivity contribution in [3.63, 3.8) is 0 Å². The van der Waals surface area contributed by atoms with Gasteiger partial charge in [-0.1, -0.05) is 11.6 Å². The molecule has 0 bridgehead atoms. The molecule has 0 aliphatic carbocycles. The van der Waals surface area contributed by atoms with E-state index in [4.69, 9.17) is 16.3 Å². The van der Waals surface area contributed by atoms with Gasteiger partial charge in [-0.2, -0.15) is 0 Å². The topological polar surface area (TPSA) is 102 Å². The Morgan fingerprint density at radius 2 is 1.93 bits per heavy atom. The van der Waals surface area contributed by atoms with Gasteiger partial charge in [0, 0.05) is 31.9 Å². The maximum Gasteiger partial charge on any atom is 0.341 e. The highest BCUT2D eigenvalue weighted by atomic mass is 35.5. The monoisotopic (exact) mass is 409 g/mol.